The van der Waals surface area contributed by atoms with Crippen LogP contribution in [0.4, 0.5) is 5.82 Å². The highest BCUT2D eigenvalue weighted by atomic mass is 35.5. The minimum absolute atomic E-state index is 0.222. The summed E-state index contributed by atoms with van der Waals surface area (Å²) in [5.74, 6) is 0.222. The monoisotopic (exact) mass is 229 g/mol. The summed E-state index contributed by atoms with van der Waals surface area (Å²) >= 11 is 6.07. The number of pyridine rings is 1. The van der Waals surface area contributed by atoms with Gasteiger partial charge in [-0.3, -0.25) is 0 Å². The Bertz CT molecular complexity index is 573. The van der Waals surface area contributed by atoms with Crippen LogP contribution in [-0.2, 0) is 0 Å². The third-order valence-electron chi connectivity index (χ3n) is 2.26. The number of aromatic nitrogens is 1. The summed E-state index contributed by atoms with van der Waals surface area (Å²) in [5.41, 5.74) is 7.50. The van der Waals surface area contributed by atoms with E-state index in [1.807, 2.05) is 24.3 Å². The maximum atomic E-state index is 9.04. The Morgan fingerprint density at radius 1 is 1.19 bits per heavy atom. The summed E-state index contributed by atoms with van der Waals surface area (Å²) in [7, 11) is 0. The van der Waals surface area contributed by atoms with Crippen molar-refractivity contribution in [3.63, 3.8) is 0 Å². The number of rotatable bonds is 1. The van der Waals surface area contributed by atoms with Crippen LogP contribution in [0.1, 0.15) is 5.56 Å². The van der Waals surface area contributed by atoms with Gasteiger partial charge in [-0.2, -0.15) is 5.26 Å². The van der Waals surface area contributed by atoms with Gasteiger partial charge in [0.2, 0.25) is 0 Å². The van der Waals surface area contributed by atoms with Crippen LogP contribution in [0.25, 0.3) is 11.1 Å². The van der Waals surface area contributed by atoms with Crippen LogP contribution in [-0.4, -0.2) is 4.98 Å². The van der Waals surface area contributed by atoms with Crippen molar-refractivity contribution in [2.45, 2.75) is 0 Å². The highest BCUT2D eigenvalue weighted by molar-refractivity contribution is 6.33. The third-order valence-corrected chi connectivity index (χ3v) is 2.59. The van der Waals surface area contributed by atoms with Gasteiger partial charge in [-0.1, -0.05) is 29.8 Å². The second kappa shape index (κ2) is 4.21. The number of nitrogen functional groups attached to an aromatic ring is 1. The average molecular weight is 230 g/mol. The molecule has 0 radical (unpaired) electrons. The van der Waals surface area contributed by atoms with E-state index < -0.39 is 0 Å². The fraction of sp³-hybridized carbons (Fsp3) is 0. The highest BCUT2D eigenvalue weighted by Gasteiger charge is 2.10. The summed E-state index contributed by atoms with van der Waals surface area (Å²) < 4.78 is 0. The lowest BCUT2D eigenvalue weighted by Gasteiger charge is -2.07. The van der Waals surface area contributed by atoms with Gasteiger partial charge in [0.05, 0.1) is 0 Å². The van der Waals surface area contributed by atoms with Crippen molar-refractivity contribution in [3.05, 3.63) is 47.1 Å². The summed E-state index contributed by atoms with van der Waals surface area (Å²) in [4.78, 5) is 3.88. The number of hydrogen-bond donors (Lipinski definition) is 1. The lowest BCUT2D eigenvalue weighted by Crippen LogP contribution is -1.96. The summed E-state index contributed by atoms with van der Waals surface area (Å²) in [6, 6.07) is 11.1. The third kappa shape index (κ3) is 1.71. The first-order chi connectivity index (χ1) is 7.74. The van der Waals surface area contributed by atoms with E-state index in [1.54, 1.807) is 18.3 Å². The molecule has 1 heterocycles. The maximum absolute atomic E-state index is 9.04. The number of nitriles is 1. The SMILES string of the molecule is N#Cc1c(-c2ccccc2Cl)ccnc1N. The van der Waals surface area contributed by atoms with Crippen LogP contribution in [0.2, 0.25) is 5.02 Å². The van der Waals surface area contributed by atoms with Gasteiger partial charge in [-0.15, -0.1) is 0 Å². The Morgan fingerprint density at radius 3 is 2.62 bits per heavy atom. The standard InChI is InChI=1S/C12H8ClN3/c13-11-4-2-1-3-9(11)8-5-6-16-12(15)10(8)7-14/h1-6H,(H2,15,16). The Balaban J connectivity index is 2.71. The molecule has 2 aromatic rings. The molecule has 0 bridgehead atoms. The zero-order chi connectivity index (χ0) is 11.5. The molecule has 0 aliphatic heterocycles. The number of nitrogens with two attached hydrogens (primary N) is 1. The minimum Gasteiger partial charge on any atom is -0.383 e. The van der Waals surface area contributed by atoms with Crippen molar-refractivity contribution in [2.24, 2.45) is 0 Å². The maximum Gasteiger partial charge on any atom is 0.141 e. The van der Waals surface area contributed by atoms with Crippen molar-refractivity contribution in [1.29, 1.82) is 5.26 Å². The van der Waals surface area contributed by atoms with Gasteiger partial charge < -0.3 is 5.73 Å². The van der Waals surface area contributed by atoms with Gasteiger partial charge in [0.15, 0.2) is 0 Å². The van der Waals surface area contributed by atoms with Crippen LogP contribution < -0.4 is 5.73 Å². The lowest BCUT2D eigenvalue weighted by atomic mass is 10.0. The minimum atomic E-state index is 0.222. The average Bonchev–Trinajstić information content (AvgIpc) is 2.29. The molecule has 0 unspecified atom stereocenters. The summed E-state index contributed by atoms with van der Waals surface area (Å²) in [5, 5.41) is 9.63. The molecule has 0 saturated heterocycles. The fourth-order valence-corrected chi connectivity index (χ4v) is 1.74. The first kappa shape index (κ1) is 10.5. The molecule has 0 spiro atoms. The molecule has 1 aromatic heterocycles. The van der Waals surface area contributed by atoms with E-state index in [4.69, 9.17) is 22.6 Å². The Hall–Kier alpha value is -2.05. The zero-order valence-corrected chi connectivity index (χ0v) is 9.07. The molecule has 0 aliphatic carbocycles. The van der Waals surface area contributed by atoms with Gasteiger partial charge in [0.1, 0.15) is 17.5 Å². The molecule has 0 aliphatic rings. The molecule has 3 nitrogen and oxygen atoms in total. The van der Waals surface area contributed by atoms with Gasteiger partial charge >= 0.3 is 0 Å². The molecule has 0 atom stereocenters. The van der Waals surface area contributed by atoms with E-state index in [2.05, 4.69) is 4.98 Å². The fourth-order valence-electron chi connectivity index (χ4n) is 1.50. The smallest absolute Gasteiger partial charge is 0.141 e. The largest absolute Gasteiger partial charge is 0.383 e. The van der Waals surface area contributed by atoms with Gasteiger partial charge in [0.25, 0.3) is 0 Å². The molecular weight excluding hydrogens is 222 g/mol. The summed E-state index contributed by atoms with van der Waals surface area (Å²) in [6.07, 6.45) is 1.56. The number of nitrogens with zero attached hydrogens (tertiary/aromatic N) is 2. The van der Waals surface area contributed by atoms with Crippen LogP contribution in [0.15, 0.2) is 36.5 Å². The van der Waals surface area contributed by atoms with E-state index in [-0.39, 0.29) is 5.82 Å². The second-order valence-electron chi connectivity index (χ2n) is 3.21. The van der Waals surface area contributed by atoms with Crippen molar-refractivity contribution < 1.29 is 0 Å². The van der Waals surface area contributed by atoms with Crippen LogP contribution in [0.3, 0.4) is 0 Å². The number of halogens is 1. The molecule has 4 heteroatoms. The first-order valence-corrected chi connectivity index (χ1v) is 5.01. The van der Waals surface area contributed by atoms with Gasteiger partial charge in [-0.05, 0) is 12.1 Å². The number of anilines is 1. The van der Waals surface area contributed by atoms with E-state index in [0.717, 1.165) is 5.56 Å². The zero-order valence-electron chi connectivity index (χ0n) is 8.31. The van der Waals surface area contributed by atoms with E-state index in [1.165, 1.54) is 0 Å². The van der Waals surface area contributed by atoms with Crippen molar-refractivity contribution in [3.8, 4) is 17.2 Å². The van der Waals surface area contributed by atoms with E-state index >= 15 is 0 Å². The van der Waals surface area contributed by atoms with Crippen molar-refractivity contribution in [1.82, 2.24) is 4.98 Å². The predicted molar refractivity (Wildman–Crippen MR) is 63.8 cm³/mol. The van der Waals surface area contributed by atoms with E-state index in [9.17, 15) is 0 Å². The van der Waals surface area contributed by atoms with Crippen molar-refractivity contribution >= 4 is 17.4 Å². The molecule has 2 rings (SSSR count). The number of hydrogen-bond acceptors (Lipinski definition) is 3. The molecule has 0 fully saturated rings. The lowest BCUT2D eigenvalue weighted by molar-refractivity contribution is 1.31. The van der Waals surface area contributed by atoms with Crippen LogP contribution >= 0.6 is 11.6 Å². The topological polar surface area (TPSA) is 62.7 Å². The molecule has 0 amide bonds. The molecule has 78 valence electrons. The normalized spacial score (nSPS) is 9.75. The van der Waals surface area contributed by atoms with Gasteiger partial charge in [-0.25, -0.2) is 4.98 Å². The molecule has 16 heavy (non-hydrogen) atoms. The van der Waals surface area contributed by atoms with Gasteiger partial charge in [0, 0.05) is 22.3 Å². The molecule has 2 N–H and O–H groups in total. The Morgan fingerprint density at radius 2 is 1.94 bits per heavy atom. The van der Waals surface area contributed by atoms with Crippen LogP contribution in [0.5, 0.6) is 0 Å². The molecular formula is C12H8ClN3. The Labute approximate surface area is 98.1 Å². The van der Waals surface area contributed by atoms with Crippen molar-refractivity contribution in [2.75, 3.05) is 5.73 Å². The Kier molecular flexibility index (Phi) is 2.76. The van der Waals surface area contributed by atoms with E-state index in [0.29, 0.717) is 16.1 Å². The second-order valence-corrected chi connectivity index (χ2v) is 3.62. The predicted octanol–water partition coefficient (Wildman–Crippen LogP) is 2.86. The number of benzene rings is 1. The first-order valence-electron chi connectivity index (χ1n) is 4.63. The summed E-state index contributed by atoms with van der Waals surface area (Å²) in [6.45, 7) is 0. The highest BCUT2D eigenvalue weighted by Crippen LogP contribution is 2.31. The molecule has 1 aromatic carbocycles. The molecule has 0 saturated carbocycles. The van der Waals surface area contributed by atoms with Crippen LogP contribution in [0, 0.1) is 11.3 Å². The quantitative estimate of drug-likeness (QED) is 0.818.